The summed E-state index contributed by atoms with van der Waals surface area (Å²) in [5.74, 6) is 0.875. The molecule has 6 heteroatoms. The van der Waals surface area contributed by atoms with Gasteiger partial charge in [0.15, 0.2) is 6.61 Å². The van der Waals surface area contributed by atoms with Crippen molar-refractivity contribution in [2.45, 2.75) is 40.3 Å². The average molecular weight is 399 g/mol. The Kier molecular flexibility index (Phi) is 8.07. The number of ether oxygens (including phenoxy) is 2. The second-order valence-corrected chi connectivity index (χ2v) is 6.98. The first-order valence-electron chi connectivity index (χ1n) is 9.75. The topological polar surface area (TPSA) is 67.9 Å². The average Bonchev–Trinajstić information content (AvgIpc) is 2.72. The van der Waals surface area contributed by atoms with Crippen LogP contribution in [-0.4, -0.2) is 43.0 Å². The number of hydrogen-bond donors (Lipinski definition) is 1. The van der Waals surface area contributed by atoms with Crippen molar-refractivity contribution in [3.63, 3.8) is 0 Å². The molecular weight excluding hydrogens is 368 g/mol. The van der Waals surface area contributed by atoms with Crippen LogP contribution >= 0.6 is 0 Å². The normalized spacial score (nSPS) is 11.5. The molecule has 1 unspecified atom stereocenters. The predicted molar refractivity (Wildman–Crippen MR) is 113 cm³/mol. The van der Waals surface area contributed by atoms with Gasteiger partial charge in [0.25, 0.3) is 5.91 Å². The molecule has 2 amide bonds. The zero-order chi connectivity index (χ0) is 21.4. The maximum atomic E-state index is 13.0. The van der Waals surface area contributed by atoms with E-state index in [2.05, 4.69) is 5.32 Å². The largest absolute Gasteiger partial charge is 0.497 e. The Balaban J connectivity index is 2.16. The number of rotatable bonds is 9. The van der Waals surface area contributed by atoms with Crippen LogP contribution < -0.4 is 14.8 Å². The van der Waals surface area contributed by atoms with E-state index >= 15 is 0 Å². The quantitative estimate of drug-likeness (QED) is 0.704. The standard InChI is InChI=1S/C23H30N2O4/c1-6-24-23(27)18(4)25(14-19-8-7-9-20(13-19)28-5)22(26)15-29-21-11-10-16(2)17(3)12-21/h7-13,18H,6,14-15H2,1-5H3,(H,24,27). The highest BCUT2D eigenvalue weighted by Crippen LogP contribution is 2.18. The summed E-state index contributed by atoms with van der Waals surface area (Å²) in [6, 6.07) is 12.5. The molecule has 2 rings (SSSR count). The third-order valence-electron chi connectivity index (χ3n) is 4.85. The van der Waals surface area contributed by atoms with Crippen LogP contribution in [0.1, 0.15) is 30.5 Å². The zero-order valence-electron chi connectivity index (χ0n) is 17.8. The molecule has 0 heterocycles. The summed E-state index contributed by atoms with van der Waals surface area (Å²) in [5, 5.41) is 2.78. The first-order chi connectivity index (χ1) is 13.8. The van der Waals surface area contributed by atoms with E-state index in [-0.39, 0.29) is 25.0 Å². The van der Waals surface area contributed by atoms with Gasteiger partial charge in [-0.25, -0.2) is 0 Å². The van der Waals surface area contributed by atoms with Crippen molar-refractivity contribution in [3.05, 3.63) is 59.2 Å². The van der Waals surface area contributed by atoms with Gasteiger partial charge >= 0.3 is 0 Å². The number of likely N-dealkylation sites (N-methyl/N-ethyl adjacent to an activating group) is 1. The van der Waals surface area contributed by atoms with Gasteiger partial charge in [0, 0.05) is 13.1 Å². The molecule has 0 aromatic heterocycles. The van der Waals surface area contributed by atoms with E-state index in [0.29, 0.717) is 18.0 Å². The van der Waals surface area contributed by atoms with Gasteiger partial charge in [0.1, 0.15) is 17.5 Å². The Bertz CT molecular complexity index is 851. The predicted octanol–water partition coefficient (Wildman–Crippen LogP) is 3.24. The van der Waals surface area contributed by atoms with E-state index < -0.39 is 6.04 Å². The van der Waals surface area contributed by atoms with Crippen molar-refractivity contribution in [3.8, 4) is 11.5 Å². The van der Waals surface area contributed by atoms with Gasteiger partial charge in [-0.05, 0) is 68.7 Å². The van der Waals surface area contributed by atoms with Crippen molar-refractivity contribution < 1.29 is 19.1 Å². The molecule has 156 valence electrons. The fourth-order valence-electron chi connectivity index (χ4n) is 2.90. The van der Waals surface area contributed by atoms with Crippen LogP contribution in [0.4, 0.5) is 0 Å². The second kappa shape index (κ2) is 10.5. The van der Waals surface area contributed by atoms with E-state index in [0.717, 1.165) is 16.7 Å². The van der Waals surface area contributed by atoms with Gasteiger partial charge in [0.2, 0.25) is 5.91 Å². The summed E-state index contributed by atoms with van der Waals surface area (Å²) in [6.07, 6.45) is 0. The van der Waals surface area contributed by atoms with Crippen molar-refractivity contribution >= 4 is 11.8 Å². The molecule has 29 heavy (non-hydrogen) atoms. The molecule has 0 radical (unpaired) electrons. The van der Waals surface area contributed by atoms with Crippen LogP contribution in [0.25, 0.3) is 0 Å². The minimum atomic E-state index is -0.628. The summed E-state index contributed by atoms with van der Waals surface area (Å²) >= 11 is 0. The molecule has 0 aliphatic heterocycles. The lowest BCUT2D eigenvalue weighted by atomic mass is 10.1. The third kappa shape index (κ3) is 6.24. The molecule has 1 atom stereocenters. The number of benzene rings is 2. The van der Waals surface area contributed by atoms with Gasteiger partial charge in [-0.2, -0.15) is 0 Å². The molecule has 0 spiro atoms. The summed E-state index contributed by atoms with van der Waals surface area (Å²) in [4.78, 5) is 26.9. The maximum absolute atomic E-state index is 13.0. The molecule has 0 aliphatic carbocycles. The minimum absolute atomic E-state index is 0.143. The van der Waals surface area contributed by atoms with Crippen molar-refractivity contribution in [2.24, 2.45) is 0 Å². The number of methoxy groups -OCH3 is 1. The molecule has 0 saturated heterocycles. The van der Waals surface area contributed by atoms with Crippen LogP contribution in [0.15, 0.2) is 42.5 Å². The molecule has 1 N–H and O–H groups in total. The molecule has 6 nitrogen and oxygen atoms in total. The molecular formula is C23H30N2O4. The Hall–Kier alpha value is -3.02. The lowest BCUT2D eigenvalue weighted by Gasteiger charge is -2.28. The number of hydrogen-bond acceptors (Lipinski definition) is 4. The highest BCUT2D eigenvalue weighted by atomic mass is 16.5. The molecule has 0 bridgehead atoms. The van der Waals surface area contributed by atoms with E-state index in [4.69, 9.17) is 9.47 Å². The third-order valence-corrected chi connectivity index (χ3v) is 4.85. The van der Waals surface area contributed by atoms with Crippen LogP contribution in [0.5, 0.6) is 11.5 Å². The molecule has 0 fully saturated rings. The number of amides is 2. The van der Waals surface area contributed by atoms with Crippen molar-refractivity contribution in [1.82, 2.24) is 10.2 Å². The van der Waals surface area contributed by atoms with Gasteiger partial charge in [-0.3, -0.25) is 9.59 Å². The smallest absolute Gasteiger partial charge is 0.261 e. The second-order valence-electron chi connectivity index (χ2n) is 6.98. The van der Waals surface area contributed by atoms with Gasteiger partial charge < -0.3 is 19.7 Å². The Morgan fingerprint density at radius 2 is 1.83 bits per heavy atom. The van der Waals surface area contributed by atoms with E-state index in [1.165, 1.54) is 4.90 Å². The molecule has 0 aliphatic rings. The fraction of sp³-hybridized carbons (Fsp3) is 0.391. The monoisotopic (exact) mass is 398 g/mol. The van der Waals surface area contributed by atoms with Gasteiger partial charge in [-0.1, -0.05) is 18.2 Å². The Labute approximate surface area is 172 Å². The fourth-order valence-corrected chi connectivity index (χ4v) is 2.90. The number of carbonyl (C=O) groups excluding carboxylic acids is 2. The number of carbonyl (C=O) groups is 2. The summed E-state index contributed by atoms with van der Waals surface area (Å²) in [6.45, 7) is 8.23. The Morgan fingerprint density at radius 1 is 1.07 bits per heavy atom. The van der Waals surface area contributed by atoms with E-state index in [1.54, 1.807) is 14.0 Å². The van der Waals surface area contributed by atoms with E-state index in [1.807, 2.05) is 63.2 Å². The summed E-state index contributed by atoms with van der Waals surface area (Å²) in [5.41, 5.74) is 3.13. The van der Waals surface area contributed by atoms with Crippen molar-refractivity contribution in [2.75, 3.05) is 20.3 Å². The van der Waals surface area contributed by atoms with Gasteiger partial charge in [0.05, 0.1) is 7.11 Å². The lowest BCUT2D eigenvalue weighted by molar-refractivity contribution is -0.142. The highest BCUT2D eigenvalue weighted by Gasteiger charge is 2.26. The molecule has 2 aromatic rings. The number of nitrogens with one attached hydrogen (secondary N) is 1. The SMILES string of the molecule is CCNC(=O)C(C)N(Cc1cccc(OC)c1)C(=O)COc1ccc(C)c(C)c1. The highest BCUT2D eigenvalue weighted by molar-refractivity contribution is 5.87. The molecule has 0 saturated carbocycles. The Morgan fingerprint density at radius 3 is 2.48 bits per heavy atom. The summed E-state index contributed by atoms with van der Waals surface area (Å²) in [7, 11) is 1.59. The van der Waals surface area contributed by atoms with E-state index in [9.17, 15) is 9.59 Å². The number of nitrogens with zero attached hydrogens (tertiary/aromatic N) is 1. The first kappa shape index (κ1) is 22.3. The first-order valence-corrected chi connectivity index (χ1v) is 9.75. The summed E-state index contributed by atoms with van der Waals surface area (Å²) < 4.78 is 11.0. The zero-order valence-corrected chi connectivity index (χ0v) is 17.8. The lowest BCUT2D eigenvalue weighted by Crippen LogP contribution is -2.49. The van der Waals surface area contributed by atoms with Crippen LogP contribution in [0.2, 0.25) is 0 Å². The van der Waals surface area contributed by atoms with Crippen molar-refractivity contribution in [1.29, 1.82) is 0 Å². The minimum Gasteiger partial charge on any atom is -0.497 e. The maximum Gasteiger partial charge on any atom is 0.261 e. The van der Waals surface area contributed by atoms with Crippen LogP contribution in [-0.2, 0) is 16.1 Å². The van der Waals surface area contributed by atoms with Gasteiger partial charge in [-0.15, -0.1) is 0 Å². The number of aryl methyl sites for hydroxylation is 2. The molecule has 2 aromatic carbocycles. The van der Waals surface area contributed by atoms with Crippen LogP contribution in [0.3, 0.4) is 0 Å². The van der Waals surface area contributed by atoms with Crippen LogP contribution in [0, 0.1) is 13.8 Å².